The third-order valence-corrected chi connectivity index (χ3v) is 5.12. The van der Waals surface area contributed by atoms with Crippen LogP contribution in [0.3, 0.4) is 0 Å². The van der Waals surface area contributed by atoms with Crippen LogP contribution < -0.4 is 10.9 Å². The molecule has 0 atom stereocenters. The predicted molar refractivity (Wildman–Crippen MR) is 130 cm³/mol. The molecule has 3 aromatic carbocycles. The number of aromatic hydroxyl groups is 1. The largest absolute Gasteiger partial charge is 0.506 e. The number of hydrogen-bond donors (Lipinski definition) is 2. The van der Waals surface area contributed by atoms with Crippen LogP contribution in [-0.4, -0.2) is 15.5 Å². The summed E-state index contributed by atoms with van der Waals surface area (Å²) >= 11 is 0. The summed E-state index contributed by atoms with van der Waals surface area (Å²) in [6.45, 7) is 1.71. The average Bonchev–Trinajstić information content (AvgIpc) is 2.83. The first kappa shape index (κ1) is 21.7. The number of aromatic nitrogens is 1. The standard InChI is InChI=1S/C26H22N4O3/c1-17(27-18-12-14-20(15-13-18)29-28-19-8-4-3-5-9-19)16-23(31)24-25(32)21-10-6-7-11-22(21)30(2)26(24)33/h3-16,27,32H,1-2H3/b17-16+,29-28?. The number of fused-ring (bicyclic) bond motifs is 1. The Hall–Kier alpha value is -4.52. The summed E-state index contributed by atoms with van der Waals surface area (Å²) in [5.41, 5.74) is 2.47. The summed E-state index contributed by atoms with van der Waals surface area (Å²) in [5, 5.41) is 22.5. The van der Waals surface area contributed by atoms with Crippen molar-refractivity contribution in [3.63, 3.8) is 0 Å². The summed E-state index contributed by atoms with van der Waals surface area (Å²) in [6.07, 6.45) is 1.30. The number of allylic oxidation sites excluding steroid dienone is 2. The second-order valence-electron chi connectivity index (χ2n) is 7.50. The number of azo groups is 1. The number of hydrogen-bond acceptors (Lipinski definition) is 6. The molecule has 0 aliphatic rings. The molecule has 2 N–H and O–H groups in total. The maximum Gasteiger partial charge on any atom is 0.265 e. The van der Waals surface area contributed by atoms with Crippen LogP contribution in [0.25, 0.3) is 10.9 Å². The van der Waals surface area contributed by atoms with Gasteiger partial charge in [0.15, 0.2) is 5.78 Å². The lowest BCUT2D eigenvalue weighted by atomic mass is 10.1. The van der Waals surface area contributed by atoms with Crippen molar-refractivity contribution in [1.29, 1.82) is 0 Å². The minimum Gasteiger partial charge on any atom is -0.506 e. The Morgan fingerprint density at radius 3 is 2.21 bits per heavy atom. The Labute approximate surface area is 190 Å². The first-order valence-corrected chi connectivity index (χ1v) is 10.3. The lowest BCUT2D eigenvalue weighted by Crippen LogP contribution is -2.24. The van der Waals surface area contributed by atoms with Crippen molar-refractivity contribution in [3.05, 3.63) is 107 Å². The lowest BCUT2D eigenvalue weighted by molar-refractivity contribution is 0.104. The van der Waals surface area contributed by atoms with Crippen LogP contribution in [0.15, 0.2) is 106 Å². The van der Waals surface area contributed by atoms with Gasteiger partial charge in [-0.25, -0.2) is 0 Å². The van der Waals surface area contributed by atoms with Gasteiger partial charge in [0.25, 0.3) is 5.56 Å². The van der Waals surface area contributed by atoms with Crippen LogP contribution in [-0.2, 0) is 7.05 Å². The van der Waals surface area contributed by atoms with Gasteiger partial charge in [-0.15, -0.1) is 0 Å². The molecular weight excluding hydrogens is 416 g/mol. The number of ketones is 1. The topological polar surface area (TPSA) is 96.0 Å². The first-order valence-electron chi connectivity index (χ1n) is 10.3. The van der Waals surface area contributed by atoms with Gasteiger partial charge in [0.1, 0.15) is 11.3 Å². The van der Waals surface area contributed by atoms with E-state index in [1.165, 1.54) is 10.6 Å². The van der Waals surface area contributed by atoms with E-state index >= 15 is 0 Å². The van der Waals surface area contributed by atoms with Crippen molar-refractivity contribution < 1.29 is 9.90 Å². The number of rotatable bonds is 6. The number of pyridine rings is 1. The van der Waals surface area contributed by atoms with E-state index in [0.29, 0.717) is 22.3 Å². The van der Waals surface area contributed by atoms with Crippen LogP contribution in [0.4, 0.5) is 17.1 Å². The van der Waals surface area contributed by atoms with E-state index in [0.717, 1.165) is 11.4 Å². The SMILES string of the molecule is C/C(=C\C(=O)c1c(O)c2ccccc2n(C)c1=O)Nc1ccc(N=Nc2ccccc2)cc1. The molecule has 0 spiro atoms. The van der Waals surface area contributed by atoms with E-state index < -0.39 is 11.3 Å². The maximum absolute atomic E-state index is 12.8. The highest BCUT2D eigenvalue weighted by molar-refractivity contribution is 6.09. The second kappa shape index (κ2) is 9.32. The minimum atomic E-state index is -0.572. The van der Waals surface area contributed by atoms with Gasteiger partial charge in [0.2, 0.25) is 0 Å². The normalized spacial score (nSPS) is 11.8. The Morgan fingerprint density at radius 2 is 1.52 bits per heavy atom. The predicted octanol–water partition coefficient (Wildman–Crippen LogP) is 5.86. The molecule has 0 saturated heterocycles. The van der Waals surface area contributed by atoms with Crippen molar-refractivity contribution in [1.82, 2.24) is 4.57 Å². The molecule has 0 aliphatic carbocycles. The number of nitrogens with zero attached hydrogens (tertiary/aromatic N) is 3. The Kier molecular flexibility index (Phi) is 6.13. The fourth-order valence-electron chi connectivity index (χ4n) is 3.46. The van der Waals surface area contributed by atoms with Gasteiger partial charge in [-0.2, -0.15) is 10.2 Å². The summed E-state index contributed by atoms with van der Waals surface area (Å²) < 4.78 is 1.36. The van der Waals surface area contributed by atoms with Gasteiger partial charge >= 0.3 is 0 Å². The molecular formula is C26H22N4O3. The van der Waals surface area contributed by atoms with Crippen LogP contribution >= 0.6 is 0 Å². The summed E-state index contributed by atoms with van der Waals surface area (Å²) in [5.74, 6) is -0.881. The van der Waals surface area contributed by atoms with Crippen molar-refractivity contribution >= 4 is 33.7 Å². The third-order valence-electron chi connectivity index (χ3n) is 5.12. The van der Waals surface area contributed by atoms with E-state index in [-0.39, 0.29) is 11.3 Å². The molecule has 4 rings (SSSR count). The average molecular weight is 438 g/mol. The zero-order valence-electron chi connectivity index (χ0n) is 18.2. The zero-order valence-corrected chi connectivity index (χ0v) is 18.2. The van der Waals surface area contributed by atoms with Crippen molar-refractivity contribution in [2.24, 2.45) is 17.3 Å². The molecule has 33 heavy (non-hydrogen) atoms. The molecule has 0 radical (unpaired) electrons. The van der Waals surface area contributed by atoms with Crippen LogP contribution in [0.2, 0.25) is 0 Å². The smallest absolute Gasteiger partial charge is 0.265 e. The molecule has 0 amide bonds. The van der Waals surface area contributed by atoms with Crippen LogP contribution in [0.1, 0.15) is 17.3 Å². The summed E-state index contributed by atoms with van der Waals surface area (Å²) in [7, 11) is 1.58. The molecule has 0 bridgehead atoms. The quantitative estimate of drug-likeness (QED) is 0.224. The first-order chi connectivity index (χ1) is 15.9. The van der Waals surface area contributed by atoms with Crippen molar-refractivity contribution in [3.8, 4) is 5.75 Å². The molecule has 0 saturated carbocycles. The van der Waals surface area contributed by atoms with Gasteiger partial charge in [-0.05, 0) is 55.5 Å². The molecule has 0 aliphatic heterocycles. The number of anilines is 1. The van der Waals surface area contributed by atoms with Crippen LogP contribution in [0.5, 0.6) is 5.75 Å². The van der Waals surface area contributed by atoms with Gasteiger partial charge in [-0.3, -0.25) is 9.59 Å². The van der Waals surface area contributed by atoms with Gasteiger partial charge < -0.3 is 15.0 Å². The summed E-state index contributed by atoms with van der Waals surface area (Å²) in [4.78, 5) is 25.5. The molecule has 4 aromatic rings. The molecule has 164 valence electrons. The lowest BCUT2D eigenvalue weighted by Gasteiger charge is -2.11. The molecule has 1 aromatic heterocycles. The fourth-order valence-corrected chi connectivity index (χ4v) is 3.46. The molecule has 1 heterocycles. The van der Waals surface area contributed by atoms with Gasteiger partial charge in [-0.1, -0.05) is 30.3 Å². The number of nitrogens with one attached hydrogen (secondary N) is 1. The van der Waals surface area contributed by atoms with E-state index in [1.807, 2.05) is 42.5 Å². The number of para-hydroxylation sites is 1. The fraction of sp³-hybridized carbons (Fsp3) is 0.0769. The second-order valence-corrected chi connectivity index (χ2v) is 7.50. The number of carbonyl (C=O) groups is 1. The van der Waals surface area contributed by atoms with E-state index in [1.54, 1.807) is 50.4 Å². The van der Waals surface area contributed by atoms with E-state index in [4.69, 9.17) is 0 Å². The van der Waals surface area contributed by atoms with Crippen molar-refractivity contribution in [2.45, 2.75) is 6.92 Å². The third kappa shape index (κ3) is 4.72. The van der Waals surface area contributed by atoms with Crippen LogP contribution in [0, 0.1) is 0 Å². The highest BCUT2D eigenvalue weighted by Crippen LogP contribution is 2.26. The molecule has 7 heteroatoms. The Morgan fingerprint density at radius 1 is 0.909 bits per heavy atom. The van der Waals surface area contributed by atoms with E-state index in [2.05, 4.69) is 15.5 Å². The number of aryl methyl sites for hydroxylation is 1. The summed E-state index contributed by atoms with van der Waals surface area (Å²) in [6, 6.07) is 23.6. The Balaban J connectivity index is 1.52. The molecule has 7 nitrogen and oxygen atoms in total. The minimum absolute atomic E-state index is 0.256. The zero-order chi connectivity index (χ0) is 23.4. The monoisotopic (exact) mass is 438 g/mol. The van der Waals surface area contributed by atoms with Gasteiger partial charge in [0, 0.05) is 29.9 Å². The highest BCUT2D eigenvalue weighted by atomic mass is 16.3. The van der Waals surface area contributed by atoms with Crippen molar-refractivity contribution in [2.75, 3.05) is 5.32 Å². The highest BCUT2D eigenvalue weighted by Gasteiger charge is 2.19. The molecule has 0 fully saturated rings. The van der Waals surface area contributed by atoms with Gasteiger partial charge in [0.05, 0.1) is 16.9 Å². The maximum atomic E-state index is 12.8. The Bertz CT molecular complexity index is 1440. The number of carbonyl (C=O) groups excluding carboxylic acids is 1. The van der Waals surface area contributed by atoms with E-state index in [9.17, 15) is 14.7 Å². The molecule has 0 unspecified atom stereocenters. The number of benzene rings is 3.